The lowest BCUT2D eigenvalue weighted by molar-refractivity contribution is -0.204. The van der Waals surface area contributed by atoms with Crippen LogP contribution in [0, 0.1) is 24.0 Å². The molecule has 4 aromatic rings. The lowest BCUT2D eigenvalue weighted by atomic mass is 9.96. The molecule has 2 aromatic heterocycles. The molecule has 35 heavy (non-hydrogen) atoms. The number of fused-ring (bicyclic) bond motifs is 3. The van der Waals surface area contributed by atoms with Crippen molar-refractivity contribution < 1.29 is 30.7 Å². The Balaban J connectivity index is 0.000000371. The standard InChI is InChI=1S/C18H13F4N5.C5H9F3/c1-10-5-11(19)7-12(6-10)26(8-15(21)22)17-16-13(20)3-2-4-14(16)27-9-23-25-18(27)24-17;1-4(2,3)5(6,7)8/h2-7,9,15H,8H2,1H3;1-3H3. The molecule has 188 valence electrons. The van der Waals surface area contributed by atoms with Crippen molar-refractivity contribution in [2.45, 2.75) is 40.3 Å². The minimum absolute atomic E-state index is 0.0207. The number of nitrogens with zero attached hydrogens (tertiary/aromatic N) is 5. The molecule has 0 saturated carbocycles. The lowest BCUT2D eigenvalue weighted by Gasteiger charge is -2.25. The van der Waals surface area contributed by atoms with Crippen LogP contribution in [0.4, 0.5) is 42.2 Å². The molecule has 4 rings (SSSR count). The van der Waals surface area contributed by atoms with E-state index in [4.69, 9.17) is 0 Å². The molecule has 0 amide bonds. The van der Waals surface area contributed by atoms with Crippen molar-refractivity contribution in [3.63, 3.8) is 0 Å². The first-order valence-corrected chi connectivity index (χ1v) is 10.4. The summed E-state index contributed by atoms with van der Waals surface area (Å²) in [6, 6.07) is 8.23. The van der Waals surface area contributed by atoms with Crippen molar-refractivity contribution in [3.05, 3.63) is 59.9 Å². The number of benzene rings is 2. The second-order valence-corrected chi connectivity index (χ2v) is 8.81. The van der Waals surface area contributed by atoms with Crippen LogP contribution in [0.5, 0.6) is 0 Å². The molecule has 5 nitrogen and oxygen atoms in total. The monoisotopic (exact) mass is 501 g/mol. The van der Waals surface area contributed by atoms with Crippen LogP contribution in [-0.2, 0) is 0 Å². The van der Waals surface area contributed by atoms with Gasteiger partial charge in [-0.1, -0.05) is 26.8 Å². The molecule has 12 heteroatoms. The molecular formula is C23H22F7N5. The van der Waals surface area contributed by atoms with Crippen LogP contribution >= 0.6 is 0 Å². The molecule has 0 fully saturated rings. The minimum atomic E-state index is -4.06. The van der Waals surface area contributed by atoms with Crippen molar-refractivity contribution in [1.29, 1.82) is 0 Å². The van der Waals surface area contributed by atoms with E-state index in [9.17, 15) is 30.7 Å². The molecule has 0 aliphatic rings. The SMILES string of the molecule is CC(C)(C)C(F)(F)F.Cc1cc(F)cc(N(CC(F)F)c2nc3nncn3c3cccc(F)c23)c1. The highest BCUT2D eigenvalue weighted by atomic mass is 19.4. The molecule has 2 heterocycles. The number of hydrogen-bond donors (Lipinski definition) is 0. The molecule has 0 unspecified atom stereocenters. The Kier molecular flexibility index (Phi) is 7.23. The van der Waals surface area contributed by atoms with Gasteiger partial charge in [-0.2, -0.15) is 18.2 Å². The van der Waals surface area contributed by atoms with Gasteiger partial charge in [0.2, 0.25) is 0 Å². The van der Waals surface area contributed by atoms with Crippen molar-refractivity contribution in [2.24, 2.45) is 5.41 Å². The molecule has 0 saturated heterocycles. The Hall–Kier alpha value is -3.44. The summed E-state index contributed by atoms with van der Waals surface area (Å²) in [5, 5.41) is 7.61. The van der Waals surface area contributed by atoms with Gasteiger partial charge in [0.05, 0.1) is 22.9 Å². The zero-order valence-corrected chi connectivity index (χ0v) is 19.2. The van der Waals surface area contributed by atoms with E-state index in [1.54, 1.807) is 13.0 Å². The summed E-state index contributed by atoms with van der Waals surface area (Å²) in [5.41, 5.74) is -0.508. The van der Waals surface area contributed by atoms with Gasteiger partial charge in [-0.15, -0.1) is 10.2 Å². The fourth-order valence-corrected chi connectivity index (χ4v) is 3.08. The predicted molar refractivity (Wildman–Crippen MR) is 118 cm³/mol. The largest absolute Gasteiger partial charge is 0.393 e. The quantitative estimate of drug-likeness (QED) is 0.287. The third-order valence-electron chi connectivity index (χ3n) is 4.98. The van der Waals surface area contributed by atoms with Gasteiger partial charge < -0.3 is 4.90 Å². The fraction of sp³-hybridized carbons (Fsp3) is 0.348. The molecule has 0 aliphatic heterocycles. The summed E-state index contributed by atoms with van der Waals surface area (Å²) in [6.45, 7) is 4.29. The number of aromatic nitrogens is 4. The summed E-state index contributed by atoms with van der Waals surface area (Å²) in [7, 11) is 0. The van der Waals surface area contributed by atoms with E-state index in [1.807, 2.05) is 0 Å². The van der Waals surface area contributed by atoms with Gasteiger partial charge in [-0.25, -0.2) is 17.6 Å². The van der Waals surface area contributed by atoms with Crippen molar-refractivity contribution >= 4 is 28.2 Å². The number of halogens is 7. The molecule has 0 radical (unpaired) electrons. The Morgan fingerprint density at radius 3 is 2.26 bits per heavy atom. The van der Waals surface area contributed by atoms with Crippen molar-refractivity contribution in [3.8, 4) is 0 Å². The van der Waals surface area contributed by atoms with E-state index in [2.05, 4.69) is 15.2 Å². The van der Waals surface area contributed by atoms with Gasteiger partial charge in [0.25, 0.3) is 12.2 Å². The van der Waals surface area contributed by atoms with Gasteiger partial charge in [-0.05, 0) is 42.8 Å². The third-order valence-corrected chi connectivity index (χ3v) is 4.98. The molecule has 0 bridgehead atoms. The molecular weight excluding hydrogens is 479 g/mol. The van der Waals surface area contributed by atoms with Crippen LogP contribution in [0.2, 0.25) is 0 Å². The van der Waals surface area contributed by atoms with Gasteiger partial charge >= 0.3 is 6.18 Å². The van der Waals surface area contributed by atoms with Gasteiger partial charge in [0.15, 0.2) is 0 Å². The molecule has 0 N–H and O–H groups in total. The summed E-state index contributed by atoms with van der Waals surface area (Å²) in [4.78, 5) is 5.33. The second kappa shape index (κ2) is 9.67. The highest BCUT2D eigenvalue weighted by Crippen LogP contribution is 2.36. The van der Waals surface area contributed by atoms with E-state index in [1.165, 1.54) is 35.0 Å². The highest BCUT2D eigenvalue weighted by Gasteiger charge is 2.42. The van der Waals surface area contributed by atoms with Crippen LogP contribution in [0.3, 0.4) is 0 Å². The van der Waals surface area contributed by atoms with Crippen LogP contribution in [0.25, 0.3) is 16.7 Å². The van der Waals surface area contributed by atoms with Crippen LogP contribution < -0.4 is 4.90 Å². The number of aryl methyl sites for hydroxylation is 1. The van der Waals surface area contributed by atoms with Crippen LogP contribution in [0.15, 0.2) is 42.7 Å². The first-order chi connectivity index (χ1) is 16.2. The van der Waals surface area contributed by atoms with Gasteiger partial charge in [-0.3, -0.25) is 4.40 Å². The highest BCUT2D eigenvalue weighted by molar-refractivity contribution is 5.94. The van der Waals surface area contributed by atoms with Crippen LogP contribution in [0.1, 0.15) is 26.3 Å². The number of rotatable bonds is 4. The fourth-order valence-electron chi connectivity index (χ4n) is 3.08. The molecule has 0 spiro atoms. The minimum Gasteiger partial charge on any atom is -0.320 e. The Morgan fingerprint density at radius 2 is 1.69 bits per heavy atom. The molecule has 0 atom stereocenters. The van der Waals surface area contributed by atoms with Crippen LogP contribution in [-0.4, -0.2) is 38.7 Å². The first-order valence-electron chi connectivity index (χ1n) is 10.4. The Labute approximate surface area is 196 Å². The Bertz CT molecular complexity index is 1290. The summed E-state index contributed by atoms with van der Waals surface area (Å²) in [6.07, 6.45) is -5.46. The predicted octanol–water partition coefficient (Wildman–Crippen LogP) is 6.86. The van der Waals surface area contributed by atoms with E-state index in [0.29, 0.717) is 11.1 Å². The first kappa shape index (κ1) is 26.2. The number of hydrogen-bond acceptors (Lipinski definition) is 4. The van der Waals surface area contributed by atoms with Gasteiger partial charge in [0.1, 0.15) is 23.8 Å². The maximum atomic E-state index is 14.7. The topological polar surface area (TPSA) is 46.3 Å². The van der Waals surface area contributed by atoms with E-state index < -0.39 is 36.2 Å². The lowest BCUT2D eigenvalue weighted by Crippen LogP contribution is -2.28. The zero-order valence-electron chi connectivity index (χ0n) is 19.2. The van der Waals surface area contributed by atoms with E-state index in [0.717, 1.165) is 31.7 Å². The average Bonchev–Trinajstić information content (AvgIpc) is 3.19. The van der Waals surface area contributed by atoms with Gasteiger partial charge in [0, 0.05) is 5.69 Å². The maximum absolute atomic E-state index is 14.7. The van der Waals surface area contributed by atoms with Crippen molar-refractivity contribution in [2.75, 3.05) is 11.4 Å². The second-order valence-electron chi connectivity index (χ2n) is 8.81. The summed E-state index contributed by atoms with van der Waals surface area (Å²) >= 11 is 0. The molecule has 2 aromatic carbocycles. The third kappa shape index (κ3) is 5.80. The smallest absolute Gasteiger partial charge is 0.320 e. The normalized spacial score (nSPS) is 12.2. The van der Waals surface area contributed by atoms with E-state index in [-0.39, 0.29) is 22.7 Å². The molecule has 0 aliphatic carbocycles. The average molecular weight is 501 g/mol. The summed E-state index contributed by atoms with van der Waals surface area (Å²) in [5.74, 6) is -1.18. The number of alkyl halides is 5. The Morgan fingerprint density at radius 1 is 1.03 bits per heavy atom. The maximum Gasteiger partial charge on any atom is 0.393 e. The summed E-state index contributed by atoms with van der Waals surface area (Å²) < 4.78 is 91.4. The van der Waals surface area contributed by atoms with Crippen molar-refractivity contribution in [1.82, 2.24) is 19.6 Å². The number of anilines is 2. The zero-order chi connectivity index (χ0) is 26.1. The van der Waals surface area contributed by atoms with E-state index >= 15 is 0 Å².